The molecule has 0 atom stereocenters. The van der Waals surface area contributed by atoms with Crippen LogP contribution in [0.2, 0.25) is 0 Å². The van der Waals surface area contributed by atoms with E-state index in [1.165, 1.54) is 4.88 Å². The first-order chi connectivity index (χ1) is 5.70. The lowest BCUT2D eigenvalue weighted by atomic mass is 10.3. The Hall–Kier alpha value is -0.830. The average molecular weight is 182 g/mol. The Bertz CT molecular complexity index is 241. The fourth-order valence-corrected chi connectivity index (χ4v) is 1.60. The maximum Gasteiger partial charge on any atom is 0.0923 e. The lowest BCUT2D eigenvalue weighted by Gasteiger charge is -2.15. The summed E-state index contributed by atoms with van der Waals surface area (Å²) < 4.78 is 0. The summed E-state index contributed by atoms with van der Waals surface area (Å²) in [6.45, 7) is 2.75. The van der Waals surface area contributed by atoms with E-state index in [9.17, 15) is 0 Å². The van der Waals surface area contributed by atoms with E-state index >= 15 is 0 Å². The topological polar surface area (TPSA) is 27.1 Å². The second-order valence-electron chi connectivity index (χ2n) is 2.84. The molecular formula is C9H14N2S. The van der Waals surface area contributed by atoms with E-state index in [-0.39, 0.29) is 0 Å². The van der Waals surface area contributed by atoms with Crippen molar-refractivity contribution < 1.29 is 0 Å². The maximum atomic E-state index is 7.36. The van der Waals surface area contributed by atoms with Gasteiger partial charge >= 0.3 is 0 Å². The predicted molar refractivity (Wildman–Crippen MR) is 54.1 cm³/mol. The van der Waals surface area contributed by atoms with Gasteiger partial charge in [-0.15, -0.1) is 11.3 Å². The zero-order chi connectivity index (χ0) is 8.97. The van der Waals surface area contributed by atoms with Crippen molar-refractivity contribution in [1.82, 2.24) is 4.90 Å². The monoisotopic (exact) mass is 182 g/mol. The molecule has 12 heavy (non-hydrogen) atoms. The van der Waals surface area contributed by atoms with Gasteiger partial charge in [0.1, 0.15) is 0 Å². The maximum absolute atomic E-state index is 7.36. The number of nitrogens with one attached hydrogen (secondary N) is 1. The predicted octanol–water partition coefficient (Wildman–Crippen LogP) is 2.22. The molecule has 1 N–H and O–H groups in total. The van der Waals surface area contributed by atoms with Gasteiger partial charge in [-0.3, -0.25) is 5.41 Å². The fourth-order valence-electron chi connectivity index (χ4n) is 0.900. The number of nitrogens with zero attached hydrogens (tertiary/aromatic N) is 1. The zero-order valence-electron chi connectivity index (χ0n) is 7.50. The Kier molecular flexibility index (Phi) is 3.29. The van der Waals surface area contributed by atoms with E-state index in [1.807, 2.05) is 18.9 Å². The SMILES string of the molecule is CC(=N)N(C)CCc1cccs1. The highest BCUT2D eigenvalue weighted by Crippen LogP contribution is 2.09. The van der Waals surface area contributed by atoms with Crippen molar-refractivity contribution in [3.05, 3.63) is 22.4 Å². The molecule has 0 bridgehead atoms. The van der Waals surface area contributed by atoms with Crippen molar-refractivity contribution in [3.8, 4) is 0 Å². The largest absolute Gasteiger partial charge is 0.363 e. The molecule has 66 valence electrons. The molecule has 0 aliphatic rings. The number of likely N-dealkylation sites (N-methyl/N-ethyl adjacent to an activating group) is 1. The lowest BCUT2D eigenvalue weighted by Crippen LogP contribution is -2.25. The Balaban J connectivity index is 2.31. The summed E-state index contributed by atoms with van der Waals surface area (Å²) >= 11 is 1.78. The van der Waals surface area contributed by atoms with Gasteiger partial charge in [0, 0.05) is 18.5 Å². The molecule has 1 aromatic heterocycles. The fraction of sp³-hybridized carbons (Fsp3) is 0.444. The van der Waals surface area contributed by atoms with Crippen LogP contribution >= 0.6 is 11.3 Å². The van der Waals surface area contributed by atoms with E-state index in [2.05, 4.69) is 17.5 Å². The van der Waals surface area contributed by atoms with E-state index in [4.69, 9.17) is 5.41 Å². The van der Waals surface area contributed by atoms with Crippen LogP contribution in [-0.4, -0.2) is 24.3 Å². The van der Waals surface area contributed by atoms with Crippen LogP contribution in [0.1, 0.15) is 11.8 Å². The van der Waals surface area contributed by atoms with E-state index in [1.54, 1.807) is 11.3 Å². The molecule has 0 aromatic carbocycles. The highest BCUT2D eigenvalue weighted by atomic mass is 32.1. The summed E-state index contributed by atoms with van der Waals surface area (Å²) in [6.07, 6.45) is 1.05. The quantitative estimate of drug-likeness (QED) is 0.563. The van der Waals surface area contributed by atoms with Crippen molar-refractivity contribution in [3.63, 3.8) is 0 Å². The molecule has 1 aromatic rings. The first-order valence-electron chi connectivity index (χ1n) is 3.99. The van der Waals surface area contributed by atoms with Gasteiger partial charge in [-0.25, -0.2) is 0 Å². The highest BCUT2D eigenvalue weighted by Gasteiger charge is 1.99. The summed E-state index contributed by atoms with van der Waals surface area (Å²) in [5, 5.41) is 9.45. The van der Waals surface area contributed by atoms with Crippen LogP contribution in [0.4, 0.5) is 0 Å². The van der Waals surface area contributed by atoms with Crippen LogP contribution in [0.15, 0.2) is 17.5 Å². The molecule has 3 heteroatoms. The molecule has 0 aliphatic heterocycles. The molecule has 0 unspecified atom stereocenters. The van der Waals surface area contributed by atoms with Crippen LogP contribution in [0, 0.1) is 5.41 Å². The Morgan fingerprint density at radius 2 is 2.42 bits per heavy atom. The van der Waals surface area contributed by atoms with Crippen LogP contribution in [0.25, 0.3) is 0 Å². The molecule has 0 amide bonds. The number of hydrogen-bond acceptors (Lipinski definition) is 2. The minimum absolute atomic E-state index is 0.631. The van der Waals surface area contributed by atoms with Gasteiger partial charge in [-0.2, -0.15) is 0 Å². The van der Waals surface area contributed by atoms with Gasteiger partial charge < -0.3 is 4.90 Å². The molecule has 0 spiro atoms. The Labute approximate surface area is 77.3 Å². The summed E-state index contributed by atoms with van der Waals surface area (Å²) in [7, 11) is 1.95. The van der Waals surface area contributed by atoms with E-state index in [0.29, 0.717) is 5.84 Å². The van der Waals surface area contributed by atoms with Crippen LogP contribution in [0.3, 0.4) is 0 Å². The standard InChI is InChI=1S/C9H14N2S/c1-8(10)11(2)6-5-9-4-3-7-12-9/h3-4,7,10H,5-6H2,1-2H3. The van der Waals surface area contributed by atoms with Gasteiger partial charge in [0.25, 0.3) is 0 Å². The molecule has 1 heterocycles. The van der Waals surface area contributed by atoms with Crippen LogP contribution in [0.5, 0.6) is 0 Å². The van der Waals surface area contributed by atoms with Crippen molar-refractivity contribution in [2.24, 2.45) is 0 Å². The molecule has 2 nitrogen and oxygen atoms in total. The van der Waals surface area contributed by atoms with Crippen molar-refractivity contribution >= 4 is 17.2 Å². The third-order valence-electron chi connectivity index (χ3n) is 1.85. The summed E-state index contributed by atoms with van der Waals surface area (Å²) in [6, 6.07) is 4.20. The van der Waals surface area contributed by atoms with Gasteiger partial charge in [-0.1, -0.05) is 6.07 Å². The van der Waals surface area contributed by atoms with E-state index in [0.717, 1.165) is 13.0 Å². The summed E-state index contributed by atoms with van der Waals surface area (Å²) in [5.41, 5.74) is 0. The third-order valence-corrected chi connectivity index (χ3v) is 2.78. The van der Waals surface area contributed by atoms with E-state index < -0.39 is 0 Å². The normalized spacial score (nSPS) is 9.83. The smallest absolute Gasteiger partial charge is 0.0923 e. The molecule has 0 saturated carbocycles. The van der Waals surface area contributed by atoms with Crippen molar-refractivity contribution in [2.75, 3.05) is 13.6 Å². The third kappa shape index (κ3) is 2.66. The molecule has 0 saturated heterocycles. The number of amidine groups is 1. The molecular weight excluding hydrogens is 168 g/mol. The number of hydrogen-bond donors (Lipinski definition) is 1. The Morgan fingerprint density at radius 1 is 1.67 bits per heavy atom. The molecule has 1 rings (SSSR count). The second kappa shape index (κ2) is 4.26. The highest BCUT2D eigenvalue weighted by molar-refractivity contribution is 7.09. The van der Waals surface area contributed by atoms with Gasteiger partial charge in [-0.05, 0) is 24.8 Å². The van der Waals surface area contributed by atoms with Gasteiger partial charge in [0.05, 0.1) is 5.84 Å². The summed E-state index contributed by atoms with van der Waals surface area (Å²) in [5.74, 6) is 0.631. The van der Waals surface area contributed by atoms with Crippen LogP contribution in [-0.2, 0) is 6.42 Å². The number of rotatable bonds is 3. The summed E-state index contributed by atoms with van der Waals surface area (Å²) in [4.78, 5) is 3.35. The minimum Gasteiger partial charge on any atom is -0.363 e. The minimum atomic E-state index is 0.631. The average Bonchev–Trinajstić information content (AvgIpc) is 2.51. The molecule has 0 aliphatic carbocycles. The lowest BCUT2D eigenvalue weighted by molar-refractivity contribution is 0.504. The number of thiophene rings is 1. The van der Waals surface area contributed by atoms with Crippen molar-refractivity contribution in [2.45, 2.75) is 13.3 Å². The zero-order valence-corrected chi connectivity index (χ0v) is 8.32. The van der Waals surface area contributed by atoms with Gasteiger partial charge in [0.15, 0.2) is 0 Å². The Morgan fingerprint density at radius 3 is 2.92 bits per heavy atom. The van der Waals surface area contributed by atoms with Gasteiger partial charge in [0.2, 0.25) is 0 Å². The second-order valence-corrected chi connectivity index (χ2v) is 3.87. The van der Waals surface area contributed by atoms with Crippen LogP contribution < -0.4 is 0 Å². The molecule has 0 radical (unpaired) electrons. The van der Waals surface area contributed by atoms with Crippen molar-refractivity contribution in [1.29, 1.82) is 5.41 Å². The first kappa shape index (κ1) is 9.26. The first-order valence-corrected chi connectivity index (χ1v) is 4.87. The molecule has 0 fully saturated rings.